The standard InChI is InChI=1S/C16H15NO2/c1-3-17-14-10-5-4-7-11(14)12-8-6-9-13(15(12)17)16(18)19-2/h4-10H,3H2,1-2H3. The summed E-state index contributed by atoms with van der Waals surface area (Å²) in [4.78, 5) is 11.9. The van der Waals surface area contributed by atoms with Gasteiger partial charge in [0.2, 0.25) is 0 Å². The van der Waals surface area contributed by atoms with E-state index in [2.05, 4.69) is 29.7 Å². The average molecular weight is 253 g/mol. The van der Waals surface area contributed by atoms with Crippen molar-refractivity contribution in [3.05, 3.63) is 48.0 Å². The van der Waals surface area contributed by atoms with Crippen LogP contribution in [0, 0.1) is 0 Å². The number of para-hydroxylation sites is 2. The van der Waals surface area contributed by atoms with Gasteiger partial charge >= 0.3 is 5.97 Å². The van der Waals surface area contributed by atoms with Crippen molar-refractivity contribution in [2.75, 3.05) is 7.11 Å². The van der Waals surface area contributed by atoms with Crippen molar-refractivity contribution in [2.45, 2.75) is 13.5 Å². The minimum atomic E-state index is -0.289. The summed E-state index contributed by atoms with van der Waals surface area (Å²) in [5, 5.41) is 2.27. The van der Waals surface area contributed by atoms with Crippen molar-refractivity contribution in [2.24, 2.45) is 0 Å². The van der Waals surface area contributed by atoms with Crippen molar-refractivity contribution in [1.82, 2.24) is 4.57 Å². The van der Waals surface area contributed by atoms with Crippen molar-refractivity contribution < 1.29 is 9.53 Å². The molecule has 0 bridgehead atoms. The highest BCUT2D eigenvalue weighted by atomic mass is 16.5. The van der Waals surface area contributed by atoms with Crippen LogP contribution in [-0.4, -0.2) is 17.6 Å². The lowest BCUT2D eigenvalue weighted by Gasteiger charge is -2.07. The highest BCUT2D eigenvalue weighted by Crippen LogP contribution is 2.31. The van der Waals surface area contributed by atoms with E-state index in [9.17, 15) is 4.79 Å². The summed E-state index contributed by atoms with van der Waals surface area (Å²) < 4.78 is 7.05. The Morgan fingerprint density at radius 3 is 2.58 bits per heavy atom. The number of carbonyl (C=O) groups excluding carboxylic acids is 1. The number of benzene rings is 2. The Bertz CT molecular complexity index is 771. The third kappa shape index (κ3) is 1.62. The lowest BCUT2D eigenvalue weighted by molar-refractivity contribution is 0.0602. The molecule has 2 aromatic carbocycles. The highest BCUT2D eigenvalue weighted by Gasteiger charge is 2.16. The molecule has 1 aromatic heterocycles. The number of hydrogen-bond acceptors (Lipinski definition) is 2. The van der Waals surface area contributed by atoms with Crippen molar-refractivity contribution >= 4 is 27.8 Å². The molecule has 0 unspecified atom stereocenters. The number of rotatable bonds is 2. The van der Waals surface area contributed by atoms with E-state index in [0.717, 1.165) is 23.0 Å². The molecule has 0 N–H and O–H groups in total. The van der Waals surface area contributed by atoms with Crippen molar-refractivity contribution in [3.8, 4) is 0 Å². The Morgan fingerprint density at radius 1 is 1.11 bits per heavy atom. The Labute approximate surface area is 111 Å². The first-order valence-electron chi connectivity index (χ1n) is 6.36. The fourth-order valence-electron chi connectivity index (χ4n) is 2.71. The second-order valence-electron chi connectivity index (χ2n) is 4.45. The quantitative estimate of drug-likeness (QED) is 0.653. The molecule has 0 aliphatic heterocycles. The molecule has 0 aliphatic rings. The minimum Gasteiger partial charge on any atom is -0.465 e. The molecule has 0 atom stereocenters. The third-order valence-electron chi connectivity index (χ3n) is 3.51. The summed E-state index contributed by atoms with van der Waals surface area (Å²) in [7, 11) is 1.42. The van der Waals surface area contributed by atoms with Gasteiger partial charge in [0.05, 0.1) is 18.2 Å². The number of esters is 1. The van der Waals surface area contributed by atoms with E-state index < -0.39 is 0 Å². The van der Waals surface area contributed by atoms with Crippen LogP contribution in [0.4, 0.5) is 0 Å². The van der Waals surface area contributed by atoms with Gasteiger partial charge in [0, 0.05) is 22.8 Å². The van der Waals surface area contributed by atoms with Gasteiger partial charge in [-0.3, -0.25) is 0 Å². The van der Waals surface area contributed by atoms with Gasteiger partial charge in [-0.05, 0) is 19.1 Å². The number of carbonyl (C=O) groups is 1. The second kappa shape index (κ2) is 4.43. The van der Waals surface area contributed by atoms with E-state index in [1.165, 1.54) is 12.5 Å². The van der Waals surface area contributed by atoms with Crippen LogP contribution >= 0.6 is 0 Å². The molecule has 0 amide bonds. The normalized spacial score (nSPS) is 11.1. The molecule has 0 aliphatic carbocycles. The fraction of sp³-hybridized carbons (Fsp3) is 0.188. The molecule has 3 nitrogen and oxygen atoms in total. The molecule has 0 fully saturated rings. The molecule has 3 aromatic rings. The van der Waals surface area contributed by atoms with Gasteiger partial charge < -0.3 is 9.30 Å². The minimum absolute atomic E-state index is 0.289. The van der Waals surface area contributed by atoms with Crippen LogP contribution in [0.5, 0.6) is 0 Å². The van der Waals surface area contributed by atoms with Crippen LogP contribution in [0.1, 0.15) is 17.3 Å². The molecule has 0 saturated carbocycles. The molecule has 19 heavy (non-hydrogen) atoms. The van der Waals surface area contributed by atoms with Crippen LogP contribution in [0.15, 0.2) is 42.5 Å². The highest BCUT2D eigenvalue weighted by molar-refractivity contribution is 6.14. The number of aryl methyl sites for hydroxylation is 1. The predicted octanol–water partition coefficient (Wildman–Crippen LogP) is 3.60. The second-order valence-corrected chi connectivity index (χ2v) is 4.45. The number of nitrogens with zero attached hydrogens (tertiary/aromatic N) is 1. The lowest BCUT2D eigenvalue weighted by Crippen LogP contribution is -2.05. The monoisotopic (exact) mass is 253 g/mol. The maximum atomic E-state index is 11.9. The number of hydrogen-bond donors (Lipinski definition) is 0. The van der Waals surface area contributed by atoms with Gasteiger partial charge in [-0.25, -0.2) is 4.79 Å². The van der Waals surface area contributed by atoms with Crippen molar-refractivity contribution in [1.29, 1.82) is 0 Å². The van der Waals surface area contributed by atoms with Gasteiger partial charge in [-0.1, -0.05) is 30.3 Å². The smallest absolute Gasteiger partial charge is 0.340 e. The molecule has 3 rings (SSSR count). The van der Waals surface area contributed by atoms with E-state index in [-0.39, 0.29) is 5.97 Å². The molecule has 0 saturated heterocycles. The summed E-state index contributed by atoms with van der Waals surface area (Å²) in [6.07, 6.45) is 0. The van der Waals surface area contributed by atoms with E-state index in [1.807, 2.05) is 24.3 Å². The van der Waals surface area contributed by atoms with Gasteiger partial charge in [0.25, 0.3) is 0 Å². The van der Waals surface area contributed by atoms with Crippen LogP contribution in [0.25, 0.3) is 21.8 Å². The maximum absolute atomic E-state index is 11.9. The summed E-state index contributed by atoms with van der Waals surface area (Å²) in [5.74, 6) is -0.289. The fourth-order valence-corrected chi connectivity index (χ4v) is 2.71. The number of aromatic nitrogens is 1. The van der Waals surface area contributed by atoms with Crippen LogP contribution < -0.4 is 0 Å². The summed E-state index contributed by atoms with van der Waals surface area (Å²) in [6, 6.07) is 14.0. The molecule has 1 heterocycles. The third-order valence-corrected chi connectivity index (χ3v) is 3.51. The maximum Gasteiger partial charge on any atom is 0.340 e. The first-order chi connectivity index (χ1) is 9.27. The van der Waals surface area contributed by atoms with Crippen molar-refractivity contribution in [3.63, 3.8) is 0 Å². The molecule has 0 radical (unpaired) electrons. The van der Waals surface area contributed by atoms with Gasteiger partial charge in [-0.2, -0.15) is 0 Å². The van der Waals surface area contributed by atoms with Gasteiger partial charge in [0.15, 0.2) is 0 Å². The zero-order valence-electron chi connectivity index (χ0n) is 11.0. The topological polar surface area (TPSA) is 31.2 Å². The van der Waals surface area contributed by atoms with E-state index in [1.54, 1.807) is 0 Å². The summed E-state index contributed by atoms with van der Waals surface area (Å²) in [5.41, 5.74) is 2.73. The zero-order valence-corrected chi connectivity index (χ0v) is 11.0. The Hall–Kier alpha value is -2.29. The average Bonchev–Trinajstić information content (AvgIpc) is 2.80. The van der Waals surface area contributed by atoms with Crippen LogP contribution in [0.3, 0.4) is 0 Å². The predicted molar refractivity (Wildman–Crippen MR) is 76.5 cm³/mol. The van der Waals surface area contributed by atoms with Gasteiger partial charge in [0.1, 0.15) is 0 Å². The van der Waals surface area contributed by atoms with E-state index >= 15 is 0 Å². The Morgan fingerprint density at radius 2 is 1.84 bits per heavy atom. The number of ether oxygens (including phenoxy) is 1. The van der Waals surface area contributed by atoms with Gasteiger partial charge in [-0.15, -0.1) is 0 Å². The molecular formula is C16H15NO2. The largest absolute Gasteiger partial charge is 0.465 e. The van der Waals surface area contributed by atoms with Crippen LogP contribution in [-0.2, 0) is 11.3 Å². The Balaban J connectivity index is 2.52. The molecule has 0 spiro atoms. The molecule has 3 heteroatoms. The van der Waals surface area contributed by atoms with Crippen LogP contribution in [0.2, 0.25) is 0 Å². The van der Waals surface area contributed by atoms with E-state index in [0.29, 0.717) is 5.56 Å². The Kier molecular flexibility index (Phi) is 2.75. The van der Waals surface area contributed by atoms with E-state index in [4.69, 9.17) is 4.74 Å². The zero-order chi connectivity index (χ0) is 13.4. The first kappa shape index (κ1) is 11.8. The first-order valence-corrected chi connectivity index (χ1v) is 6.36. The summed E-state index contributed by atoms with van der Waals surface area (Å²) in [6.45, 7) is 2.90. The molecule has 96 valence electrons. The SMILES string of the molecule is CCn1c2ccccc2c2cccc(C(=O)OC)c21. The molecular weight excluding hydrogens is 238 g/mol. The number of fused-ring (bicyclic) bond motifs is 3. The lowest BCUT2D eigenvalue weighted by atomic mass is 10.1. The summed E-state index contributed by atoms with van der Waals surface area (Å²) >= 11 is 0. The number of methoxy groups -OCH3 is 1.